The monoisotopic (exact) mass is 571 g/mol. The summed E-state index contributed by atoms with van der Waals surface area (Å²) >= 11 is 0. The molecule has 11 heteroatoms. The van der Waals surface area contributed by atoms with Gasteiger partial charge in [-0.1, -0.05) is 70.6 Å². The first-order chi connectivity index (χ1) is 18.7. The zero-order chi connectivity index (χ0) is 28.1. The maximum atomic E-state index is 13.3. The lowest BCUT2D eigenvalue weighted by molar-refractivity contribution is -0.148. The van der Waals surface area contributed by atoms with Crippen LogP contribution in [0.4, 0.5) is 0 Å². The molecule has 0 radical (unpaired) electrons. The Labute approximate surface area is 234 Å². The fourth-order valence-corrected chi connectivity index (χ4v) is 6.87. The highest BCUT2D eigenvalue weighted by Gasteiger charge is 2.33. The van der Waals surface area contributed by atoms with E-state index in [4.69, 9.17) is 9.57 Å². The number of carbonyl (C=O) groups excluding carboxylic acids is 3. The van der Waals surface area contributed by atoms with Crippen molar-refractivity contribution in [2.45, 2.75) is 115 Å². The molecule has 0 aromatic rings. The maximum Gasteiger partial charge on any atom is 0.313 e. The Morgan fingerprint density at radius 2 is 1.26 bits per heavy atom. The Morgan fingerprint density at radius 3 is 1.79 bits per heavy atom. The second kappa shape index (κ2) is 16.6. The van der Waals surface area contributed by atoms with Gasteiger partial charge in [-0.25, -0.2) is 18.6 Å². The third-order valence-electron chi connectivity index (χ3n) is 8.39. The molecular weight excluding hydrogens is 522 g/mol. The summed E-state index contributed by atoms with van der Waals surface area (Å²) in [7, 11) is -3.72. The molecule has 0 unspecified atom stereocenters. The van der Waals surface area contributed by atoms with E-state index in [0.717, 1.165) is 89.7 Å². The highest BCUT2D eigenvalue weighted by atomic mass is 32.2. The van der Waals surface area contributed by atoms with Crippen molar-refractivity contribution in [3.8, 4) is 0 Å². The Kier molecular flexibility index (Phi) is 13.6. The first kappa shape index (κ1) is 32.0. The van der Waals surface area contributed by atoms with Crippen LogP contribution in [0.15, 0.2) is 0 Å². The van der Waals surface area contributed by atoms with Crippen molar-refractivity contribution < 1.29 is 32.4 Å². The molecule has 0 aromatic carbocycles. The molecule has 3 aliphatic rings. The lowest BCUT2D eigenvalue weighted by Crippen LogP contribution is -2.55. The van der Waals surface area contributed by atoms with Crippen LogP contribution < -0.4 is 15.5 Å². The van der Waals surface area contributed by atoms with E-state index in [1.54, 1.807) is 0 Å². The number of carbonyl (C=O) groups is 3. The first-order valence-electron chi connectivity index (χ1n) is 15.0. The van der Waals surface area contributed by atoms with Crippen molar-refractivity contribution in [1.29, 1.82) is 0 Å². The topological polar surface area (TPSA) is 140 Å². The average Bonchev–Trinajstić information content (AvgIpc) is 2.92. The molecule has 0 saturated heterocycles. The van der Waals surface area contributed by atoms with Crippen molar-refractivity contribution in [2.75, 3.05) is 26.1 Å². The van der Waals surface area contributed by atoms with Gasteiger partial charge in [0.1, 0.15) is 6.04 Å². The molecule has 224 valence electrons. The highest BCUT2D eigenvalue weighted by Crippen LogP contribution is 2.28. The molecule has 0 aromatic heterocycles. The lowest BCUT2D eigenvalue weighted by Gasteiger charge is -2.28. The molecule has 0 bridgehead atoms. The smallest absolute Gasteiger partial charge is 0.313 e. The third-order valence-corrected chi connectivity index (χ3v) is 9.11. The number of nitrogens with one attached hydrogen (secondary N) is 3. The summed E-state index contributed by atoms with van der Waals surface area (Å²) < 4.78 is 32.1. The van der Waals surface area contributed by atoms with Crippen LogP contribution in [0.25, 0.3) is 0 Å². The van der Waals surface area contributed by atoms with E-state index >= 15 is 0 Å². The Bertz CT molecular complexity index is 880. The molecule has 0 spiro atoms. The van der Waals surface area contributed by atoms with Gasteiger partial charge in [0.05, 0.1) is 25.5 Å². The van der Waals surface area contributed by atoms with Gasteiger partial charge in [0.2, 0.25) is 21.7 Å². The van der Waals surface area contributed by atoms with Crippen molar-refractivity contribution in [3.63, 3.8) is 0 Å². The number of amides is 2. The number of hydroxylamine groups is 1. The number of hydrogen-bond acceptors (Lipinski definition) is 7. The minimum absolute atomic E-state index is 0.142. The zero-order valence-electron chi connectivity index (χ0n) is 23.6. The summed E-state index contributed by atoms with van der Waals surface area (Å²) in [6.45, 7) is 0.675. The van der Waals surface area contributed by atoms with Crippen LogP contribution in [-0.2, 0) is 34.0 Å². The van der Waals surface area contributed by atoms with Crippen LogP contribution in [0, 0.1) is 17.8 Å². The van der Waals surface area contributed by atoms with Crippen LogP contribution in [0.3, 0.4) is 0 Å². The lowest BCUT2D eigenvalue weighted by atomic mass is 9.84. The van der Waals surface area contributed by atoms with Crippen LogP contribution in [-0.4, -0.2) is 64.2 Å². The van der Waals surface area contributed by atoms with Gasteiger partial charge >= 0.3 is 5.91 Å². The number of ketones is 1. The summed E-state index contributed by atoms with van der Waals surface area (Å²) in [6, 6.07) is -2.27. The number of ether oxygens (including phenoxy) is 1. The van der Waals surface area contributed by atoms with E-state index in [0.29, 0.717) is 31.5 Å². The van der Waals surface area contributed by atoms with Gasteiger partial charge in [-0.3, -0.25) is 19.2 Å². The van der Waals surface area contributed by atoms with Gasteiger partial charge in [-0.15, -0.1) is 0 Å². The van der Waals surface area contributed by atoms with Crippen LogP contribution in [0.2, 0.25) is 0 Å². The number of Topliss-reactive ketones (excluding diaryl/α,β-unsaturated/α-hetero) is 1. The van der Waals surface area contributed by atoms with Crippen molar-refractivity contribution in [3.05, 3.63) is 0 Å². The predicted octanol–water partition coefficient (Wildman–Crippen LogP) is 3.15. The maximum absolute atomic E-state index is 13.3. The van der Waals surface area contributed by atoms with E-state index in [1.165, 1.54) is 12.8 Å². The molecule has 2 atom stereocenters. The number of hydrogen-bond donors (Lipinski definition) is 3. The zero-order valence-corrected chi connectivity index (χ0v) is 24.4. The summed E-state index contributed by atoms with van der Waals surface area (Å²) in [6.07, 6.45) is 17.6. The summed E-state index contributed by atoms with van der Waals surface area (Å²) in [5, 5.41) is 2.68. The Balaban J connectivity index is 1.59. The standard InChI is InChI=1S/C28H49N3O7S/c1-39(35,36)31-25(20-37-18-22-13-7-3-8-14-22)27(33)29-24(17-21-11-5-2-6-12-21)26(32)28(34)30-38-19-23-15-9-4-10-16-23/h21-25,31H,2-20H2,1H3,(H,29,33)(H,30,34)/t24-,25+/m0/s1. The van der Waals surface area contributed by atoms with Crippen molar-refractivity contribution in [2.24, 2.45) is 17.8 Å². The number of sulfonamides is 1. The normalized spacial score (nSPS) is 21.7. The largest absolute Gasteiger partial charge is 0.379 e. The summed E-state index contributed by atoms with van der Waals surface area (Å²) in [5.41, 5.74) is 2.28. The van der Waals surface area contributed by atoms with Gasteiger partial charge in [0.25, 0.3) is 0 Å². The van der Waals surface area contributed by atoms with Crippen LogP contribution in [0.1, 0.15) is 103 Å². The quantitative estimate of drug-likeness (QED) is 0.203. The number of rotatable bonds is 15. The van der Waals surface area contributed by atoms with Gasteiger partial charge in [-0.05, 0) is 49.9 Å². The molecule has 3 aliphatic carbocycles. The van der Waals surface area contributed by atoms with E-state index in [9.17, 15) is 22.8 Å². The molecule has 3 fully saturated rings. The SMILES string of the molecule is CS(=O)(=O)N[C@H](COCC1CCCCC1)C(=O)N[C@@H](CC1CCCCC1)C(=O)C(=O)NOCC1CCCCC1. The minimum atomic E-state index is -3.72. The van der Waals surface area contributed by atoms with E-state index < -0.39 is 39.7 Å². The van der Waals surface area contributed by atoms with Crippen LogP contribution in [0.5, 0.6) is 0 Å². The second-order valence-electron chi connectivity index (χ2n) is 11.9. The predicted molar refractivity (Wildman–Crippen MR) is 148 cm³/mol. The first-order valence-corrected chi connectivity index (χ1v) is 16.9. The molecular formula is C28H49N3O7S. The van der Waals surface area contributed by atoms with E-state index in [-0.39, 0.29) is 12.5 Å². The molecule has 2 amide bonds. The molecule has 10 nitrogen and oxygen atoms in total. The van der Waals surface area contributed by atoms with Gasteiger partial charge in [0.15, 0.2) is 0 Å². The van der Waals surface area contributed by atoms with Crippen molar-refractivity contribution >= 4 is 27.6 Å². The fraction of sp³-hybridized carbons (Fsp3) is 0.893. The molecule has 3 saturated carbocycles. The third kappa shape index (κ3) is 12.2. The molecule has 0 aliphatic heterocycles. The minimum Gasteiger partial charge on any atom is -0.379 e. The molecule has 39 heavy (non-hydrogen) atoms. The summed E-state index contributed by atoms with van der Waals surface area (Å²) in [4.78, 5) is 44.6. The second-order valence-corrected chi connectivity index (χ2v) is 13.7. The van der Waals surface area contributed by atoms with Gasteiger partial charge in [-0.2, -0.15) is 0 Å². The Hall–Kier alpha value is -1.56. The Morgan fingerprint density at radius 1 is 0.744 bits per heavy atom. The van der Waals surface area contributed by atoms with Crippen LogP contribution >= 0.6 is 0 Å². The van der Waals surface area contributed by atoms with E-state index in [2.05, 4.69) is 15.5 Å². The van der Waals surface area contributed by atoms with Gasteiger partial charge in [0, 0.05) is 6.61 Å². The molecule has 0 heterocycles. The highest BCUT2D eigenvalue weighted by molar-refractivity contribution is 7.88. The average molecular weight is 572 g/mol. The van der Waals surface area contributed by atoms with E-state index in [1.807, 2.05) is 0 Å². The van der Waals surface area contributed by atoms with Crippen molar-refractivity contribution in [1.82, 2.24) is 15.5 Å². The fourth-order valence-electron chi connectivity index (χ4n) is 6.18. The van der Waals surface area contributed by atoms with Gasteiger partial charge < -0.3 is 10.1 Å². The molecule has 3 rings (SSSR count). The molecule has 3 N–H and O–H groups in total. The summed E-state index contributed by atoms with van der Waals surface area (Å²) in [5.74, 6) is -1.38.